The molecule has 1 fully saturated rings. The molecule has 1 aliphatic rings. The van der Waals surface area contributed by atoms with E-state index in [0.29, 0.717) is 6.10 Å². The summed E-state index contributed by atoms with van der Waals surface area (Å²) in [7, 11) is 0. The van der Waals surface area contributed by atoms with E-state index in [-0.39, 0.29) is 11.9 Å². The summed E-state index contributed by atoms with van der Waals surface area (Å²) in [6.45, 7) is 6.24. The van der Waals surface area contributed by atoms with E-state index in [4.69, 9.17) is 4.74 Å². The van der Waals surface area contributed by atoms with Crippen molar-refractivity contribution in [2.75, 3.05) is 13.1 Å². The van der Waals surface area contributed by atoms with E-state index in [2.05, 4.69) is 19.2 Å². The fraction of sp³-hybridized carbons (Fsp3) is 0.667. The minimum absolute atomic E-state index is 0.0208. The summed E-state index contributed by atoms with van der Waals surface area (Å²) in [4.78, 5) is 0. The van der Waals surface area contributed by atoms with Gasteiger partial charge in [-0.1, -0.05) is 38.8 Å². The maximum atomic E-state index is 13.1. The van der Waals surface area contributed by atoms with Gasteiger partial charge in [-0.25, -0.2) is 4.39 Å². The zero-order valence-electron chi connectivity index (χ0n) is 13.3. The molecular formula is C18H28FNO. The van der Waals surface area contributed by atoms with E-state index in [1.807, 2.05) is 12.1 Å². The lowest BCUT2D eigenvalue weighted by Crippen LogP contribution is -2.29. The Bertz CT molecular complexity index is 406. The quantitative estimate of drug-likeness (QED) is 0.749. The fourth-order valence-electron chi connectivity index (χ4n) is 3.07. The summed E-state index contributed by atoms with van der Waals surface area (Å²) in [5, 5.41) is 3.43. The molecule has 0 saturated heterocycles. The molecular weight excluding hydrogens is 265 g/mol. The predicted molar refractivity (Wildman–Crippen MR) is 84.8 cm³/mol. The second kappa shape index (κ2) is 8.50. The van der Waals surface area contributed by atoms with Gasteiger partial charge in [-0.3, -0.25) is 0 Å². The Kier molecular flexibility index (Phi) is 6.65. The topological polar surface area (TPSA) is 21.3 Å². The van der Waals surface area contributed by atoms with Gasteiger partial charge in [0.1, 0.15) is 5.82 Å². The molecule has 1 saturated carbocycles. The first-order valence-corrected chi connectivity index (χ1v) is 8.30. The Morgan fingerprint density at radius 3 is 2.71 bits per heavy atom. The maximum Gasteiger partial charge on any atom is 0.123 e. The standard InChI is InChI=1S/C18H28FNO/c1-3-11-20-13-18(15-7-9-16(19)10-8-15)21-17-6-4-5-14(2)12-17/h7-10,14,17-18,20H,3-6,11-13H2,1-2H3. The third kappa shape index (κ3) is 5.40. The molecule has 1 N–H and O–H groups in total. The minimum Gasteiger partial charge on any atom is -0.369 e. The van der Waals surface area contributed by atoms with E-state index in [9.17, 15) is 4.39 Å². The molecule has 1 aliphatic carbocycles. The zero-order chi connectivity index (χ0) is 15.1. The van der Waals surface area contributed by atoms with Gasteiger partial charge >= 0.3 is 0 Å². The molecule has 0 spiro atoms. The van der Waals surface area contributed by atoms with E-state index < -0.39 is 0 Å². The van der Waals surface area contributed by atoms with Crippen LogP contribution in [0.4, 0.5) is 4.39 Å². The van der Waals surface area contributed by atoms with Crippen LogP contribution in [0, 0.1) is 11.7 Å². The van der Waals surface area contributed by atoms with Crippen LogP contribution in [-0.2, 0) is 4.74 Å². The monoisotopic (exact) mass is 293 g/mol. The van der Waals surface area contributed by atoms with Gasteiger partial charge in [0.2, 0.25) is 0 Å². The molecule has 1 aromatic rings. The van der Waals surface area contributed by atoms with Gasteiger partial charge in [0.25, 0.3) is 0 Å². The molecule has 0 amide bonds. The molecule has 21 heavy (non-hydrogen) atoms. The fourth-order valence-corrected chi connectivity index (χ4v) is 3.07. The lowest BCUT2D eigenvalue weighted by molar-refractivity contribution is -0.0394. The van der Waals surface area contributed by atoms with Crippen molar-refractivity contribution < 1.29 is 9.13 Å². The Labute approximate surface area is 128 Å². The number of hydrogen-bond acceptors (Lipinski definition) is 2. The Morgan fingerprint density at radius 1 is 1.29 bits per heavy atom. The number of halogens is 1. The van der Waals surface area contributed by atoms with Crippen LogP contribution in [0.2, 0.25) is 0 Å². The molecule has 3 heteroatoms. The number of hydrogen-bond donors (Lipinski definition) is 1. The van der Waals surface area contributed by atoms with Crippen LogP contribution < -0.4 is 5.32 Å². The smallest absolute Gasteiger partial charge is 0.123 e. The van der Waals surface area contributed by atoms with Crippen LogP contribution in [0.1, 0.15) is 57.6 Å². The van der Waals surface area contributed by atoms with Crippen molar-refractivity contribution in [1.29, 1.82) is 0 Å². The largest absolute Gasteiger partial charge is 0.369 e. The lowest BCUT2D eigenvalue weighted by Gasteiger charge is -2.31. The highest BCUT2D eigenvalue weighted by molar-refractivity contribution is 5.19. The van der Waals surface area contributed by atoms with E-state index in [0.717, 1.165) is 43.8 Å². The normalized spacial score (nSPS) is 24.0. The van der Waals surface area contributed by atoms with Crippen molar-refractivity contribution in [2.45, 2.75) is 58.2 Å². The van der Waals surface area contributed by atoms with Crippen molar-refractivity contribution in [3.05, 3.63) is 35.6 Å². The molecule has 3 unspecified atom stereocenters. The average molecular weight is 293 g/mol. The van der Waals surface area contributed by atoms with Crippen LogP contribution in [-0.4, -0.2) is 19.2 Å². The molecule has 3 atom stereocenters. The third-order valence-corrected chi connectivity index (χ3v) is 4.24. The summed E-state index contributed by atoms with van der Waals surface area (Å²) in [6, 6.07) is 6.74. The summed E-state index contributed by atoms with van der Waals surface area (Å²) < 4.78 is 19.5. The van der Waals surface area contributed by atoms with Gasteiger partial charge in [0, 0.05) is 6.54 Å². The molecule has 0 bridgehead atoms. The molecule has 0 aromatic heterocycles. The van der Waals surface area contributed by atoms with E-state index in [1.165, 1.54) is 25.0 Å². The van der Waals surface area contributed by atoms with Gasteiger partial charge in [0.05, 0.1) is 12.2 Å². The van der Waals surface area contributed by atoms with E-state index in [1.54, 1.807) is 0 Å². The van der Waals surface area contributed by atoms with Crippen LogP contribution in [0.15, 0.2) is 24.3 Å². The molecule has 0 aliphatic heterocycles. The second-order valence-electron chi connectivity index (χ2n) is 6.27. The number of rotatable bonds is 7. The molecule has 2 nitrogen and oxygen atoms in total. The zero-order valence-corrected chi connectivity index (χ0v) is 13.3. The van der Waals surface area contributed by atoms with Crippen LogP contribution in [0.3, 0.4) is 0 Å². The third-order valence-electron chi connectivity index (χ3n) is 4.24. The Morgan fingerprint density at radius 2 is 2.05 bits per heavy atom. The first kappa shape index (κ1) is 16.4. The Balaban J connectivity index is 1.98. The average Bonchev–Trinajstić information content (AvgIpc) is 2.47. The number of ether oxygens (including phenoxy) is 1. The highest BCUT2D eigenvalue weighted by Gasteiger charge is 2.23. The molecule has 118 valence electrons. The van der Waals surface area contributed by atoms with Crippen molar-refractivity contribution in [2.24, 2.45) is 5.92 Å². The van der Waals surface area contributed by atoms with Gasteiger partial charge in [-0.05, 0) is 49.4 Å². The predicted octanol–water partition coefficient (Wildman–Crippen LogP) is 4.46. The first-order chi connectivity index (χ1) is 10.2. The first-order valence-electron chi connectivity index (χ1n) is 8.30. The second-order valence-corrected chi connectivity index (χ2v) is 6.27. The summed E-state index contributed by atoms with van der Waals surface area (Å²) in [5.74, 6) is 0.562. The van der Waals surface area contributed by atoms with Crippen molar-refractivity contribution in [1.82, 2.24) is 5.32 Å². The van der Waals surface area contributed by atoms with Gasteiger partial charge in [-0.2, -0.15) is 0 Å². The van der Waals surface area contributed by atoms with Gasteiger partial charge in [0.15, 0.2) is 0 Å². The summed E-state index contributed by atoms with van der Waals surface area (Å²) >= 11 is 0. The van der Waals surface area contributed by atoms with Gasteiger partial charge in [-0.15, -0.1) is 0 Å². The minimum atomic E-state index is -0.190. The lowest BCUT2D eigenvalue weighted by atomic mass is 9.88. The summed E-state index contributed by atoms with van der Waals surface area (Å²) in [6.07, 6.45) is 6.33. The van der Waals surface area contributed by atoms with Crippen LogP contribution >= 0.6 is 0 Å². The van der Waals surface area contributed by atoms with Crippen LogP contribution in [0.5, 0.6) is 0 Å². The maximum absolute atomic E-state index is 13.1. The highest BCUT2D eigenvalue weighted by Crippen LogP contribution is 2.30. The van der Waals surface area contributed by atoms with Crippen molar-refractivity contribution >= 4 is 0 Å². The van der Waals surface area contributed by atoms with Crippen LogP contribution in [0.25, 0.3) is 0 Å². The van der Waals surface area contributed by atoms with E-state index >= 15 is 0 Å². The molecule has 0 radical (unpaired) electrons. The SMILES string of the molecule is CCCNCC(OC1CCCC(C)C1)c1ccc(F)cc1. The number of benzene rings is 1. The molecule has 0 heterocycles. The van der Waals surface area contributed by atoms with Crippen molar-refractivity contribution in [3.63, 3.8) is 0 Å². The summed E-state index contributed by atoms with van der Waals surface area (Å²) in [5.41, 5.74) is 1.07. The molecule has 2 rings (SSSR count). The Hall–Kier alpha value is -0.930. The van der Waals surface area contributed by atoms with Gasteiger partial charge < -0.3 is 10.1 Å². The number of nitrogens with one attached hydrogen (secondary N) is 1. The highest BCUT2D eigenvalue weighted by atomic mass is 19.1. The molecule has 1 aromatic carbocycles. The van der Waals surface area contributed by atoms with Crippen molar-refractivity contribution in [3.8, 4) is 0 Å².